The second kappa shape index (κ2) is 7.47. The van der Waals surface area contributed by atoms with E-state index < -0.39 is 10.0 Å². The van der Waals surface area contributed by atoms with Crippen molar-refractivity contribution < 1.29 is 13.2 Å². The third-order valence-electron chi connectivity index (χ3n) is 4.37. The minimum Gasteiger partial charge on any atom is -0.336 e. The first kappa shape index (κ1) is 18.4. The van der Waals surface area contributed by atoms with Crippen LogP contribution in [0.4, 0.5) is 5.69 Å². The predicted octanol–water partition coefficient (Wildman–Crippen LogP) is 2.23. The summed E-state index contributed by atoms with van der Waals surface area (Å²) in [4.78, 5) is 14.5. The number of nitrogens with zero attached hydrogens (tertiary/aromatic N) is 1. The van der Waals surface area contributed by atoms with Crippen LogP contribution in [0.5, 0.6) is 0 Å². The highest BCUT2D eigenvalue weighted by molar-refractivity contribution is 7.92. The molecule has 26 heavy (non-hydrogen) atoms. The number of sulfonamides is 1. The van der Waals surface area contributed by atoms with Gasteiger partial charge in [0, 0.05) is 36.9 Å². The van der Waals surface area contributed by atoms with Gasteiger partial charge in [0.1, 0.15) is 0 Å². The highest BCUT2D eigenvalue weighted by atomic mass is 32.2. The Kier molecular flexibility index (Phi) is 5.29. The minimum atomic E-state index is -3.69. The van der Waals surface area contributed by atoms with E-state index in [4.69, 9.17) is 0 Å². The maximum atomic E-state index is 12.6. The van der Waals surface area contributed by atoms with Crippen molar-refractivity contribution in [3.05, 3.63) is 59.7 Å². The monoisotopic (exact) mass is 373 g/mol. The van der Waals surface area contributed by atoms with Crippen LogP contribution in [-0.4, -0.2) is 44.9 Å². The molecule has 2 aromatic rings. The predicted molar refractivity (Wildman–Crippen MR) is 102 cm³/mol. The van der Waals surface area contributed by atoms with Crippen LogP contribution in [0, 0.1) is 6.92 Å². The van der Waals surface area contributed by atoms with E-state index in [9.17, 15) is 13.2 Å². The number of carbonyl (C=O) groups is 1. The van der Waals surface area contributed by atoms with E-state index >= 15 is 0 Å². The van der Waals surface area contributed by atoms with Crippen LogP contribution in [0.25, 0.3) is 0 Å². The van der Waals surface area contributed by atoms with Gasteiger partial charge < -0.3 is 10.2 Å². The van der Waals surface area contributed by atoms with Gasteiger partial charge in [0.25, 0.3) is 15.9 Å². The van der Waals surface area contributed by atoms with E-state index in [1.54, 1.807) is 29.2 Å². The first-order valence-corrected chi connectivity index (χ1v) is 10.1. The van der Waals surface area contributed by atoms with Crippen molar-refractivity contribution in [3.63, 3.8) is 0 Å². The molecule has 2 aromatic carbocycles. The lowest BCUT2D eigenvalue weighted by molar-refractivity contribution is 0.0709. The Morgan fingerprint density at radius 3 is 2.38 bits per heavy atom. The topological polar surface area (TPSA) is 78.5 Å². The normalized spacial score (nSPS) is 17.8. The van der Waals surface area contributed by atoms with Crippen LogP contribution < -0.4 is 10.0 Å². The highest BCUT2D eigenvalue weighted by Crippen LogP contribution is 2.18. The molecule has 1 aliphatic rings. The molecule has 1 amide bonds. The molecule has 1 aliphatic heterocycles. The fourth-order valence-corrected chi connectivity index (χ4v) is 3.97. The fraction of sp³-hybridized carbons (Fsp3) is 0.316. The first-order chi connectivity index (χ1) is 12.3. The number of amides is 1. The molecular formula is C19H23N3O3S. The molecule has 1 fully saturated rings. The van der Waals surface area contributed by atoms with Gasteiger partial charge in [0.15, 0.2) is 0 Å². The molecule has 0 radical (unpaired) electrons. The molecule has 1 saturated heterocycles. The van der Waals surface area contributed by atoms with Gasteiger partial charge in [0.2, 0.25) is 0 Å². The molecule has 0 aromatic heterocycles. The number of hydrogen-bond acceptors (Lipinski definition) is 4. The van der Waals surface area contributed by atoms with E-state index in [2.05, 4.69) is 10.0 Å². The summed E-state index contributed by atoms with van der Waals surface area (Å²) in [6, 6.07) is 13.4. The van der Waals surface area contributed by atoms with Crippen molar-refractivity contribution in [2.45, 2.75) is 24.8 Å². The average molecular weight is 373 g/mol. The third kappa shape index (κ3) is 4.23. The molecule has 3 rings (SSSR count). The van der Waals surface area contributed by atoms with Crippen LogP contribution in [0.15, 0.2) is 53.4 Å². The number of nitrogens with one attached hydrogen (secondary N) is 2. The largest absolute Gasteiger partial charge is 0.336 e. The van der Waals surface area contributed by atoms with Crippen LogP contribution in [-0.2, 0) is 10.0 Å². The van der Waals surface area contributed by atoms with Gasteiger partial charge in [-0.3, -0.25) is 9.52 Å². The molecule has 2 N–H and O–H groups in total. The van der Waals surface area contributed by atoms with E-state index in [0.717, 1.165) is 12.1 Å². The number of carbonyl (C=O) groups excluding carboxylic acids is 1. The molecule has 0 bridgehead atoms. The summed E-state index contributed by atoms with van der Waals surface area (Å²) in [5.41, 5.74) is 2.05. The second-order valence-corrected chi connectivity index (χ2v) is 8.28. The maximum Gasteiger partial charge on any atom is 0.261 e. The number of piperazine rings is 1. The van der Waals surface area contributed by atoms with Crippen molar-refractivity contribution in [2.24, 2.45) is 0 Å². The molecule has 1 heterocycles. The van der Waals surface area contributed by atoms with Crippen LogP contribution in [0.2, 0.25) is 0 Å². The van der Waals surface area contributed by atoms with Crippen molar-refractivity contribution in [2.75, 3.05) is 24.4 Å². The van der Waals surface area contributed by atoms with E-state index in [-0.39, 0.29) is 16.8 Å². The molecular weight excluding hydrogens is 350 g/mol. The van der Waals surface area contributed by atoms with Crippen molar-refractivity contribution in [3.8, 4) is 0 Å². The van der Waals surface area contributed by atoms with Gasteiger partial charge in [0.05, 0.1) is 4.90 Å². The average Bonchev–Trinajstić information content (AvgIpc) is 2.63. The van der Waals surface area contributed by atoms with E-state index in [0.29, 0.717) is 24.3 Å². The molecule has 0 aliphatic carbocycles. The number of benzene rings is 2. The smallest absolute Gasteiger partial charge is 0.261 e. The number of anilines is 1. The van der Waals surface area contributed by atoms with E-state index in [1.165, 1.54) is 12.1 Å². The van der Waals surface area contributed by atoms with Gasteiger partial charge in [-0.1, -0.05) is 17.7 Å². The SMILES string of the molecule is Cc1ccc(NS(=O)(=O)c2ccc(C(=O)N3CCNC(C)C3)cc2)cc1. The number of aryl methyl sites for hydroxylation is 1. The summed E-state index contributed by atoms with van der Waals surface area (Å²) in [5.74, 6) is -0.0752. The fourth-order valence-electron chi connectivity index (χ4n) is 2.91. The van der Waals surface area contributed by atoms with Gasteiger partial charge in [-0.2, -0.15) is 0 Å². The summed E-state index contributed by atoms with van der Waals surface area (Å²) in [6.07, 6.45) is 0. The Balaban J connectivity index is 1.73. The lowest BCUT2D eigenvalue weighted by Crippen LogP contribution is -2.51. The maximum absolute atomic E-state index is 12.6. The molecule has 0 spiro atoms. The molecule has 7 heteroatoms. The number of rotatable bonds is 4. The number of hydrogen-bond donors (Lipinski definition) is 2. The zero-order chi connectivity index (χ0) is 18.7. The van der Waals surface area contributed by atoms with Gasteiger partial charge in [-0.15, -0.1) is 0 Å². The molecule has 1 unspecified atom stereocenters. The van der Waals surface area contributed by atoms with Crippen LogP contribution in [0.3, 0.4) is 0 Å². The van der Waals surface area contributed by atoms with Gasteiger partial charge in [-0.25, -0.2) is 8.42 Å². The Morgan fingerprint density at radius 2 is 1.77 bits per heavy atom. The summed E-state index contributed by atoms with van der Waals surface area (Å²) < 4.78 is 27.5. The zero-order valence-electron chi connectivity index (χ0n) is 14.9. The molecule has 138 valence electrons. The lowest BCUT2D eigenvalue weighted by Gasteiger charge is -2.32. The summed E-state index contributed by atoms with van der Waals surface area (Å²) in [7, 11) is -3.69. The Bertz CT molecular complexity index is 877. The Hall–Kier alpha value is -2.38. The van der Waals surface area contributed by atoms with Crippen LogP contribution in [0.1, 0.15) is 22.8 Å². The van der Waals surface area contributed by atoms with Crippen LogP contribution >= 0.6 is 0 Å². The second-order valence-electron chi connectivity index (χ2n) is 6.60. The standard InChI is InChI=1S/C19H23N3O3S/c1-14-3-7-17(8-4-14)21-26(24,25)18-9-5-16(6-10-18)19(23)22-12-11-20-15(2)13-22/h3-10,15,20-21H,11-13H2,1-2H3. The molecule has 1 atom stereocenters. The van der Waals surface area contributed by atoms with Gasteiger partial charge >= 0.3 is 0 Å². The quantitative estimate of drug-likeness (QED) is 0.861. The highest BCUT2D eigenvalue weighted by Gasteiger charge is 2.22. The van der Waals surface area contributed by atoms with Crippen molar-refractivity contribution in [1.29, 1.82) is 0 Å². The summed E-state index contributed by atoms with van der Waals surface area (Å²) in [5, 5.41) is 3.29. The summed E-state index contributed by atoms with van der Waals surface area (Å²) >= 11 is 0. The van der Waals surface area contributed by atoms with Crippen molar-refractivity contribution >= 4 is 21.6 Å². The minimum absolute atomic E-state index is 0.0752. The molecule has 6 nitrogen and oxygen atoms in total. The Labute approximate surface area is 154 Å². The first-order valence-electron chi connectivity index (χ1n) is 8.57. The van der Waals surface area contributed by atoms with E-state index in [1.807, 2.05) is 26.0 Å². The lowest BCUT2D eigenvalue weighted by atomic mass is 10.1. The van der Waals surface area contributed by atoms with Crippen molar-refractivity contribution in [1.82, 2.24) is 10.2 Å². The molecule has 0 saturated carbocycles. The van der Waals surface area contributed by atoms with Gasteiger partial charge in [-0.05, 0) is 50.2 Å². The summed E-state index contributed by atoms with van der Waals surface area (Å²) in [6.45, 7) is 6.03. The third-order valence-corrected chi connectivity index (χ3v) is 5.77. The Morgan fingerprint density at radius 1 is 1.12 bits per heavy atom. The zero-order valence-corrected chi connectivity index (χ0v) is 15.7.